The molecule has 0 bridgehead atoms. The van der Waals surface area contributed by atoms with Gasteiger partial charge in [-0.1, -0.05) is 23.4 Å². The quantitative estimate of drug-likeness (QED) is 0.302. The Balaban J connectivity index is 2.79. The molecule has 1 heterocycles. The zero-order valence-electron chi connectivity index (χ0n) is 11.6. The molecule has 0 spiro atoms. The highest BCUT2D eigenvalue weighted by atomic mass is 35.5. The van der Waals surface area contributed by atoms with Gasteiger partial charge in [0.15, 0.2) is 5.16 Å². The predicted octanol–water partition coefficient (Wildman–Crippen LogP) is 2.34. The van der Waals surface area contributed by atoms with E-state index in [-0.39, 0.29) is 0 Å². The summed E-state index contributed by atoms with van der Waals surface area (Å²) in [6, 6.07) is 1.78. The van der Waals surface area contributed by atoms with Gasteiger partial charge in [0.25, 0.3) is 0 Å². The van der Waals surface area contributed by atoms with Gasteiger partial charge in [0.2, 0.25) is 0 Å². The van der Waals surface area contributed by atoms with Crippen LogP contribution in [0.3, 0.4) is 0 Å². The first-order chi connectivity index (χ1) is 9.21. The van der Waals surface area contributed by atoms with Crippen molar-refractivity contribution in [1.82, 2.24) is 9.97 Å². The Morgan fingerprint density at radius 2 is 1.95 bits per heavy atom. The molecule has 0 aliphatic rings. The van der Waals surface area contributed by atoms with Gasteiger partial charge < -0.3 is 14.4 Å². The van der Waals surface area contributed by atoms with Gasteiger partial charge in [-0.3, -0.25) is 0 Å². The van der Waals surface area contributed by atoms with Gasteiger partial charge in [-0.15, -0.1) is 0 Å². The second kappa shape index (κ2) is 9.36. The molecule has 0 aliphatic carbocycles. The Hall–Kier alpha value is -0.560. The van der Waals surface area contributed by atoms with Gasteiger partial charge in [0.1, 0.15) is 11.0 Å². The van der Waals surface area contributed by atoms with Crippen LogP contribution < -0.4 is 4.90 Å². The molecule has 0 unspecified atom stereocenters. The molecule has 0 aliphatic heterocycles. The summed E-state index contributed by atoms with van der Waals surface area (Å²) < 4.78 is 10.2. The standard InChI is InChI=1S/C12H20ClN3O2S/c1-17-7-4-5-16(6-8-18-2)11-9-10(13)14-12(15-11)19-3/h9H,4-8H2,1-3H3. The largest absolute Gasteiger partial charge is 0.385 e. The molecule has 1 aromatic heterocycles. The maximum atomic E-state index is 6.02. The Morgan fingerprint density at radius 1 is 1.21 bits per heavy atom. The van der Waals surface area contributed by atoms with E-state index in [4.69, 9.17) is 21.1 Å². The van der Waals surface area contributed by atoms with E-state index >= 15 is 0 Å². The second-order valence-electron chi connectivity index (χ2n) is 3.86. The first-order valence-electron chi connectivity index (χ1n) is 6.02. The molecule has 0 fully saturated rings. The molecule has 19 heavy (non-hydrogen) atoms. The first-order valence-corrected chi connectivity index (χ1v) is 7.63. The lowest BCUT2D eigenvalue weighted by Crippen LogP contribution is -2.30. The second-order valence-corrected chi connectivity index (χ2v) is 5.02. The third-order valence-corrected chi connectivity index (χ3v) is 3.25. The Bertz CT molecular complexity index is 382. The molecule has 1 rings (SSSR count). The molecular weight excluding hydrogens is 286 g/mol. The molecule has 0 aromatic carbocycles. The van der Waals surface area contributed by atoms with E-state index in [0.29, 0.717) is 16.9 Å². The van der Waals surface area contributed by atoms with Crippen molar-refractivity contribution in [3.8, 4) is 0 Å². The fourth-order valence-corrected chi connectivity index (χ4v) is 2.18. The zero-order chi connectivity index (χ0) is 14.1. The number of anilines is 1. The summed E-state index contributed by atoms with van der Waals surface area (Å²) in [7, 11) is 3.39. The minimum Gasteiger partial charge on any atom is -0.385 e. The fraction of sp³-hybridized carbons (Fsp3) is 0.667. The lowest BCUT2D eigenvalue weighted by Gasteiger charge is -2.23. The molecule has 0 N–H and O–H groups in total. The van der Waals surface area contributed by atoms with Crippen molar-refractivity contribution in [1.29, 1.82) is 0 Å². The topological polar surface area (TPSA) is 47.5 Å². The van der Waals surface area contributed by atoms with Crippen LogP contribution in [0.1, 0.15) is 6.42 Å². The summed E-state index contributed by atoms with van der Waals surface area (Å²) in [4.78, 5) is 10.8. The number of halogens is 1. The molecule has 0 amide bonds. The van der Waals surface area contributed by atoms with Crippen LogP contribution in [0, 0.1) is 0 Å². The number of hydrogen-bond donors (Lipinski definition) is 0. The maximum Gasteiger partial charge on any atom is 0.190 e. The summed E-state index contributed by atoms with van der Waals surface area (Å²) in [5.41, 5.74) is 0. The van der Waals surface area contributed by atoms with E-state index in [1.807, 2.05) is 6.26 Å². The van der Waals surface area contributed by atoms with Crippen molar-refractivity contribution in [2.75, 3.05) is 51.7 Å². The van der Waals surface area contributed by atoms with Crippen molar-refractivity contribution in [3.63, 3.8) is 0 Å². The fourth-order valence-electron chi connectivity index (χ4n) is 1.58. The van der Waals surface area contributed by atoms with Gasteiger partial charge in [-0.25, -0.2) is 9.97 Å². The predicted molar refractivity (Wildman–Crippen MR) is 79.4 cm³/mol. The van der Waals surface area contributed by atoms with E-state index in [1.54, 1.807) is 20.3 Å². The van der Waals surface area contributed by atoms with E-state index in [2.05, 4.69) is 14.9 Å². The van der Waals surface area contributed by atoms with Crippen molar-refractivity contribution >= 4 is 29.2 Å². The van der Waals surface area contributed by atoms with E-state index in [1.165, 1.54) is 11.8 Å². The number of methoxy groups -OCH3 is 2. The molecule has 0 saturated carbocycles. The van der Waals surface area contributed by atoms with Gasteiger partial charge in [-0.2, -0.15) is 0 Å². The number of ether oxygens (including phenoxy) is 2. The van der Waals surface area contributed by atoms with Gasteiger partial charge in [0, 0.05) is 40.0 Å². The van der Waals surface area contributed by atoms with E-state index in [0.717, 1.165) is 31.9 Å². The van der Waals surface area contributed by atoms with Crippen LogP contribution in [0.4, 0.5) is 5.82 Å². The number of hydrogen-bond acceptors (Lipinski definition) is 6. The minimum absolute atomic E-state index is 0.462. The highest BCUT2D eigenvalue weighted by molar-refractivity contribution is 7.98. The van der Waals surface area contributed by atoms with Gasteiger partial charge in [0.05, 0.1) is 6.61 Å². The Kier molecular flexibility index (Phi) is 8.13. The molecule has 108 valence electrons. The summed E-state index contributed by atoms with van der Waals surface area (Å²) in [5, 5.41) is 1.14. The highest BCUT2D eigenvalue weighted by Crippen LogP contribution is 2.20. The first kappa shape index (κ1) is 16.5. The number of thioether (sulfide) groups is 1. The number of aromatic nitrogens is 2. The molecule has 7 heteroatoms. The Morgan fingerprint density at radius 3 is 2.58 bits per heavy atom. The van der Waals surface area contributed by atoms with Crippen molar-refractivity contribution in [3.05, 3.63) is 11.2 Å². The van der Waals surface area contributed by atoms with Crippen LogP contribution in [0.15, 0.2) is 11.2 Å². The van der Waals surface area contributed by atoms with Crippen molar-refractivity contribution in [2.45, 2.75) is 11.6 Å². The molecule has 5 nitrogen and oxygen atoms in total. The van der Waals surface area contributed by atoms with Crippen LogP contribution in [0.5, 0.6) is 0 Å². The summed E-state index contributed by atoms with van der Waals surface area (Å²) in [6.07, 6.45) is 2.86. The van der Waals surface area contributed by atoms with Crippen LogP contribution in [0.2, 0.25) is 5.15 Å². The number of rotatable bonds is 9. The molecule has 0 radical (unpaired) electrons. The van der Waals surface area contributed by atoms with E-state index in [9.17, 15) is 0 Å². The normalized spacial score (nSPS) is 10.7. The lowest BCUT2D eigenvalue weighted by molar-refractivity contribution is 0.191. The summed E-state index contributed by atoms with van der Waals surface area (Å²) in [6.45, 7) is 2.97. The SMILES string of the molecule is COCCCN(CCOC)c1cc(Cl)nc(SC)n1. The Labute approximate surface area is 123 Å². The van der Waals surface area contributed by atoms with Crippen LogP contribution in [0.25, 0.3) is 0 Å². The monoisotopic (exact) mass is 305 g/mol. The van der Waals surface area contributed by atoms with E-state index < -0.39 is 0 Å². The lowest BCUT2D eigenvalue weighted by atomic mass is 10.3. The number of nitrogens with zero attached hydrogens (tertiary/aromatic N) is 3. The van der Waals surface area contributed by atoms with Crippen molar-refractivity contribution in [2.24, 2.45) is 0 Å². The minimum atomic E-state index is 0.462. The smallest absolute Gasteiger partial charge is 0.190 e. The molecular formula is C12H20ClN3O2S. The third-order valence-electron chi connectivity index (χ3n) is 2.51. The van der Waals surface area contributed by atoms with Crippen LogP contribution >= 0.6 is 23.4 Å². The van der Waals surface area contributed by atoms with Crippen molar-refractivity contribution < 1.29 is 9.47 Å². The van der Waals surface area contributed by atoms with Gasteiger partial charge in [-0.05, 0) is 12.7 Å². The van der Waals surface area contributed by atoms with Gasteiger partial charge >= 0.3 is 0 Å². The average molecular weight is 306 g/mol. The molecule has 0 saturated heterocycles. The average Bonchev–Trinajstić information content (AvgIpc) is 2.42. The highest BCUT2D eigenvalue weighted by Gasteiger charge is 2.10. The molecule has 0 atom stereocenters. The maximum absolute atomic E-state index is 6.02. The third kappa shape index (κ3) is 5.95. The molecule has 1 aromatic rings. The van der Waals surface area contributed by atoms with Crippen LogP contribution in [-0.2, 0) is 9.47 Å². The summed E-state index contributed by atoms with van der Waals surface area (Å²) in [5.74, 6) is 0.831. The zero-order valence-corrected chi connectivity index (χ0v) is 13.1. The summed E-state index contributed by atoms with van der Waals surface area (Å²) >= 11 is 7.50. The van der Waals surface area contributed by atoms with Crippen LogP contribution in [-0.4, -0.2) is 56.7 Å².